The van der Waals surface area contributed by atoms with Crippen molar-refractivity contribution in [1.82, 2.24) is 5.32 Å². The van der Waals surface area contributed by atoms with Crippen molar-refractivity contribution in [2.24, 2.45) is 0 Å². The van der Waals surface area contributed by atoms with Crippen LogP contribution < -0.4 is 10.8 Å². The van der Waals surface area contributed by atoms with Gasteiger partial charge in [0.2, 0.25) is 0 Å². The van der Waals surface area contributed by atoms with E-state index in [4.69, 9.17) is 14.4 Å². The van der Waals surface area contributed by atoms with Crippen LogP contribution in [0.15, 0.2) is 18.2 Å². The highest BCUT2D eigenvalue weighted by molar-refractivity contribution is 6.62. The number of rotatable bonds is 4. The summed E-state index contributed by atoms with van der Waals surface area (Å²) in [6.07, 6.45) is 1.32. The molecule has 1 saturated carbocycles. The first kappa shape index (κ1) is 16.3. The van der Waals surface area contributed by atoms with E-state index in [2.05, 4.69) is 11.4 Å². The minimum absolute atomic E-state index is 0.338. The maximum Gasteiger partial charge on any atom is 0.494 e. The van der Waals surface area contributed by atoms with Gasteiger partial charge < -0.3 is 19.7 Å². The molecule has 2 N–H and O–H groups in total. The molecule has 1 aromatic rings. The molecule has 2 aliphatic rings. The second-order valence-corrected chi connectivity index (χ2v) is 7.48. The maximum absolute atomic E-state index is 10.7. The lowest BCUT2D eigenvalue weighted by Gasteiger charge is -2.32. The third kappa shape index (κ3) is 3.24. The van der Waals surface area contributed by atoms with Gasteiger partial charge in [-0.3, -0.25) is 0 Å². The molecule has 1 saturated heterocycles. The standard InChI is InChI=1S/C17H24BNO4/c1-16(2)17(3,4)23-18(22-16)13-8-7-12(10-19-15(20)21)14(9-13)11-5-6-11/h7-9,11,19H,5-6,10H2,1-4H3,(H,20,21). The van der Waals surface area contributed by atoms with Gasteiger partial charge in [-0.15, -0.1) is 0 Å². The Bertz CT molecular complexity index is 609. The van der Waals surface area contributed by atoms with Gasteiger partial charge in [0.1, 0.15) is 0 Å². The first-order valence-corrected chi connectivity index (χ1v) is 8.15. The Morgan fingerprint density at radius 1 is 1.26 bits per heavy atom. The van der Waals surface area contributed by atoms with E-state index in [-0.39, 0.29) is 18.3 Å². The van der Waals surface area contributed by atoms with Crippen LogP contribution in [0.3, 0.4) is 0 Å². The summed E-state index contributed by atoms with van der Waals surface area (Å²) in [4.78, 5) is 10.7. The van der Waals surface area contributed by atoms with Gasteiger partial charge in [-0.2, -0.15) is 0 Å². The van der Waals surface area contributed by atoms with Crippen LogP contribution in [0.25, 0.3) is 0 Å². The summed E-state index contributed by atoms with van der Waals surface area (Å²) in [6, 6.07) is 6.09. The first-order valence-electron chi connectivity index (χ1n) is 8.15. The van der Waals surface area contributed by atoms with Crippen LogP contribution in [0, 0.1) is 0 Å². The monoisotopic (exact) mass is 317 g/mol. The smallest absolute Gasteiger partial charge is 0.465 e. The summed E-state index contributed by atoms with van der Waals surface area (Å²) in [6.45, 7) is 8.50. The van der Waals surface area contributed by atoms with E-state index < -0.39 is 6.09 Å². The lowest BCUT2D eigenvalue weighted by Crippen LogP contribution is -2.41. The van der Waals surface area contributed by atoms with Crippen LogP contribution >= 0.6 is 0 Å². The van der Waals surface area contributed by atoms with E-state index in [9.17, 15) is 4.79 Å². The molecular formula is C17H24BNO4. The zero-order chi connectivity index (χ0) is 16.8. The Morgan fingerprint density at radius 3 is 2.39 bits per heavy atom. The van der Waals surface area contributed by atoms with Gasteiger partial charge in [-0.1, -0.05) is 18.2 Å². The molecule has 0 unspecified atom stereocenters. The lowest BCUT2D eigenvalue weighted by atomic mass is 9.77. The quantitative estimate of drug-likeness (QED) is 0.838. The molecule has 0 aromatic heterocycles. The largest absolute Gasteiger partial charge is 0.494 e. The second kappa shape index (κ2) is 5.53. The molecule has 1 aromatic carbocycles. The molecular weight excluding hydrogens is 293 g/mol. The highest BCUT2D eigenvalue weighted by atomic mass is 16.7. The zero-order valence-corrected chi connectivity index (χ0v) is 14.2. The van der Waals surface area contributed by atoms with Crippen LogP contribution in [-0.2, 0) is 15.9 Å². The molecule has 23 heavy (non-hydrogen) atoms. The fraction of sp³-hybridized carbons (Fsp3) is 0.588. The molecule has 1 aliphatic carbocycles. The molecule has 124 valence electrons. The lowest BCUT2D eigenvalue weighted by molar-refractivity contribution is 0.00578. The van der Waals surface area contributed by atoms with Crippen molar-refractivity contribution in [3.63, 3.8) is 0 Å². The average molecular weight is 317 g/mol. The van der Waals surface area contributed by atoms with Gasteiger partial charge in [-0.25, -0.2) is 4.79 Å². The topological polar surface area (TPSA) is 67.8 Å². The molecule has 1 heterocycles. The van der Waals surface area contributed by atoms with E-state index in [0.717, 1.165) is 23.9 Å². The number of nitrogens with one attached hydrogen (secondary N) is 1. The fourth-order valence-electron chi connectivity index (χ4n) is 2.85. The van der Waals surface area contributed by atoms with Gasteiger partial charge in [0.15, 0.2) is 0 Å². The highest BCUT2D eigenvalue weighted by Crippen LogP contribution is 2.42. The maximum atomic E-state index is 10.7. The van der Waals surface area contributed by atoms with Crippen molar-refractivity contribution in [2.45, 2.75) is 64.2 Å². The molecule has 0 radical (unpaired) electrons. The van der Waals surface area contributed by atoms with Gasteiger partial charge >= 0.3 is 13.2 Å². The number of hydrogen-bond acceptors (Lipinski definition) is 3. The highest BCUT2D eigenvalue weighted by Gasteiger charge is 2.51. The Hall–Kier alpha value is -1.53. The predicted molar refractivity (Wildman–Crippen MR) is 89.0 cm³/mol. The molecule has 0 atom stereocenters. The van der Waals surface area contributed by atoms with E-state index in [0.29, 0.717) is 12.5 Å². The summed E-state index contributed by atoms with van der Waals surface area (Å²) < 4.78 is 12.2. The molecule has 1 amide bonds. The summed E-state index contributed by atoms with van der Waals surface area (Å²) in [5, 5.41) is 11.3. The Labute approximate surface area is 137 Å². The van der Waals surface area contributed by atoms with E-state index in [1.807, 2.05) is 39.8 Å². The van der Waals surface area contributed by atoms with Gasteiger partial charge in [-0.05, 0) is 63.0 Å². The summed E-state index contributed by atoms with van der Waals surface area (Å²) in [7, 11) is -0.376. The number of benzene rings is 1. The summed E-state index contributed by atoms with van der Waals surface area (Å²) in [5.41, 5.74) is 2.53. The van der Waals surface area contributed by atoms with E-state index in [1.54, 1.807) is 0 Å². The van der Waals surface area contributed by atoms with Gasteiger partial charge in [0.05, 0.1) is 11.2 Å². The minimum atomic E-state index is -0.998. The van der Waals surface area contributed by atoms with Crippen LogP contribution in [0.5, 0.6) is 0 Å². The SMILES string of the molecule is CC1(C)OB(c2ccc(CNC(=O)O)c(C3CC3)c2)OC1(C)C. The predicted octanol–water partition coefficient (Wildman–Crippen LogP) is 2.63. The summed E-state index contributed by atoms with van der Waals surface area (Å²) >= 11 is 0. The first-order chi connectivity index (χ1) is 10.7. The van der Waals surface area contributed by atoms with Crippen molar-refractivity contribution in [3.8, 4) is 0 Å². The molecule has 1 aliphatic heterocycles. The Morgan fingerprint density at radius 2 is 1.87 bits per heavy atom. The van der Waals surface area contributed by atoms with Gasteiger partial charge in [0, 0.05) is 6.54 Å². The van der Waals surface area contributed by atoms with Crippen LogP contribution in [0.2, 0.25) is 0 Å². The molecule has 0 bridgehead atoms. The van der Waals surface area contributed by atoms with Crippen molar-refractivity contribution in [1.29, 1.82) is 0 Å². The number of carboxylic acid groups (broad SMARTS) is 1. The summed E-state index contributed by atoms with van der Waals surface area (Å²) in [5.74, 6) is 0.531. The normalized spacial score (nSPS) is 22.2. The van der Waals surface area contributed by atoms with E-state index >= 15 is 0 Å². The van der Waals surface area contributed by atoms with Crippen molar-refractivity contribution >= 4 is 18.7 Å². The number of carbonyl (C=O) groups is 1. The van der Waals surface area contributed by atoms with Crippen molar-refractivity contribution in [2.75, 3.05) is 0 Å². The van der Waals surface area contributed by atoms with Crippen LogP contribution in [-0.4, -0.2) is 29.5 Å². The van der Waals surface area contributed by atoms with Crippen LogP contribution in [0.4, 0.5) is 4.79 Å². The minimum Gasteiger partial charge on any atom is -0.465 e. The average Bonchev–Trinajstić information content (AvgIpc) is 3.24. The van der Waals surface area contributed by atoms with E-state index in [1.165, 1.54) is 5.56 Å². The third-order valence-electron chi connectivity index (χ3n) is 5.14. The fourth-order valence-corrected chi connectivity index (χ4v) is 2.85. The number of hydrogen-bond donors (Lipinski definition) is 2. The van der Waals surface area contributed by atoms with Crippen LogP contribution in [0.1, 0.15) is 57.6 Å². The third-order valence-corrected chi connectivity index (χ3v) is 5.14. The Balaban J connectivity index is 1.84. The zero-order valence-electron chi connectivity index (χ0n) is 14.2. The van der Waals surface area contributed by atoms with Gasteiger partial charge in [0.25, 0.3) is 0 Å². The number of amides is 1. The Kier molecular flexibility index (Phi) is 3.93. The molecule has 5 nitrogen and oxygen atoms in total. The van der Waals surface area contributed by atoms with Crippen molar-refractivity contribution < 1.29 is 19.2 Å². The van der Waals surface area contributed by atoms with Crippen molar-refractivity contribution in [3.05, 3.63) is 29.3 Å². The molecule has 0 spiro atoms. The molecule has 3 rings (SSSR count). The second-order valence-electron chi connectivity index (χ2n) is 7.48. The molecule has 6 heteroatoms. The molecule has 2 fully saturated rings.